The third-order valence-electron chi connectivity index (χ3n) is 2.99. The Morgan fingerprint density at radius 3 is 2.52 bits per heavy atom. The number of likely N-dealkylation sites (N-methyl/N-ethyl adjacent to an activating group) is 1. The topological polar surface area (TPSA) is 92.9 Å². The SMILES string of the molecule is CN(CCCCCO)C(=O)COc1ccc([N+](=O)[O-])cc1. The maximum atomic E-state index is 11.8. The van der Waals surface area contributed by atoms with Crippen molar-refractivity contribution in [3.05, 3.63) is 34.4 Å². The van der Waals surface area contributed by atoms with Crippen LogP contribution in [-0.4, -0.2) is 47.6 Å². The number of hydrogen-bond donors (Lipinski definition) is 1. The average molecular weight is 296 g/mol. The van der Waals surface area contributed by atoms with Gasteiger partial charge in [-0.3, -0.25) is 14.9 Å². The lowest BCUT2D eigenvalue weighted by molar-refractivity contribution is -0.384. The van der Waals surface area contributed by atoms with Gasteiger partial charge in [-0.2, -0.15) is 0 Å². The van der Waals surface area contributed by atoms with Gasteiger partial charge in [0.1, 0.15) is 5.75 Å². The third kappa shape index (κ3) is 6.22. The molecule has 0 atom stereocenters. The molecule has 7 nitrogen and oxygen atoms in total. The molecular formula is C14H20N2O5. The number of unbranched alkanes of at least 4 members (excludes halogenated alkanes) is 2. The van der Waals surface area contributed by atoms with Crippen LogP contribution in [0.5, 0.6) is 5.75 Å². The molecule has 7 heteroatoms. The molecule has 0 fully saturated rings. The molecule has 0 heterocycles. The van der Waals surface area contributed by atoms with Crippen LogP contribution in [0.15, 0.2) is 24.3 Å². The lowest BCUT2D eigenvalue weighted by Gasteiger charge is -2.17. The number of aliphatic hydroxyl groups excluding tert-OH is 1. The van der Waals surface area contributed by atoms with E-state index < -0.39 is 4.92 Å². The molecular weight excluding hydrogens is 276 g/mol. The van der Waals surface area contributed by atoms with E-state index in [1.165, 1.54) is 24.3 Å². The van der Waals surface area contributed by atoms with Crippen LogP contribution in [0.25, 0.3) is 0 Å². The summed E-state index contributed by atoms with van der Waals surface area (Å²) in [4.78, 5) is 23.4. The van der Waals surface area contributed by atoms with Crippen molar-refractivity contribution >= 4 is 11.6 Å². The van der Waals surface area contributed by atoms with Gasteiger partial charge < -0.3 is 14.7 Å². The third-order valence-corrected chi connectivity index (χ3v) is 2.99. The Bertz CT molecular complexity index is 461. The highest BCUT2D eigenvalue weighted by Gasteiger charge is 2.10. The zero-order chi connectivity index (χ0) is 15.7. The summed E-state index contributed by atoms with van der Waals surface area (Å²) in [6.07, 6.45) is 2.44. The van der Waals surface area contributed by atoms with Crippen molar-refractivity contribution in [2.75, 3.05) is 26.8 Å². The Morgan fingerprint density at radius 1 is 1.29 bits per heavy atom. The predicted octanol–water partition coefficient (Wildman–Crippen LogP) is 1.59. The van der Waals surface area contributed by atoms with Crippen molar-refractivity contribution in [2.24, 2.45) is 0 Å². The number of benzene rings is 1. The largest absolute Gasteiger partial charge is 0.484 e. The summed E-state index contributed by atoms with van der Waals surface area (Å²) in [6, 6.07) is 5.59. The fourth-order valence-corrected chi connectivity index (χ4v) is 1.68. The molecule has 1 aromatic rings. The monoisotopic (exact) mass is 296 g/mol. The van der Waals surface area contributed by atoms with Crippen molar-refractivity contribution < 1.29 is 19.6 Å². The van der Waals surface area contributed by atoms with Gasteiger partial charge in [-0.05, 0) is 31.4 Å². The molecule has 0 aliphatic carbocycles. The van der Waals surface area contributed by atoms with Crippen molar-refractivity contribution in [3.8, 4) is 5.75 Å². The van der Waals surface area contributed by atoms with Crippen LogP contribution in [0.3, 0.4) is 0 Å². The van der Waals surface area contributed by atoms with Gasteiger partial charge in [0.2, 0.25) is 0 Å². The maximum absolute atomic E-state index is 11.8. The van der Waals surface area contributed by atoms with E-state index in [1.807, 2.05) is 0 Å². The van der Waals surface area contributed by atoms with E-state index in [0.717, 1.165) is 19.3 Å². The number of hydrogen-bond acceptors (Lipinski definition) is 5. The van der Waals surface area contributed by atoms with Crippen LogP contribution in [0, 0.1) is 10.1 Å². The van der Waals surface area contributed by atoms with E-state index >= 15 is 0 Å². The first-order valence-electron chi connectivity index (χ1n) is 6.76. The molecule has 0 aromatic heterocycles. The van der Waals surface area contributed by atoms with E-state index in [0.29, 0.717) is 12.3 Å². The van der Waals surface area contributed by atoms with E-state index in [-0.39, 0.29) is 24.8 Å². The molecule has 0 aliphatic heterocycles. The number of nitro groups is 1. The Kier molecular flexibility index (Phi) is 7.17. The first kappa shape index (κ1) is 16.9. The predicted molar refractivity (Wildman–Crippen MR) is 77.2 cm³/mol. The van der Waals surface area contributed by atoms with E-state index in [1.54, 1.807) is 11.9 Å². The lowest BCUT2D eigenvalue weighted by Crippen LogP contribution is -2.32. The highest BCUT2D eigenvalue weighted by atomic mass is 16.6. The highest BCUT2D eigenvalue weighted by Crippen LogP contribution is 2.17. The number of ether oxygens (including phenoxy) is 1. The van der Waals surface area contributed by atoms with Gasteiger partial charge in [-0.1, -0.05) is 0 Å². The Balaban J connectivity index is 2.33. The smallest absolute Gasteiger partial charge is 0.269 e. The fraction of sp³-hybridized carbons (Fsp3) is 0.500. The first-order valence-corrected chi connectivity index (χ1v) is 6.76. The van der Waals surface area contributed by atoms with Crippen LogP contribution in [0.2, 0.25) is 0 Å². The molecule has 1 rings (SSSR count). The minimum atomic E-state index is -0.491. The van der Waals surface area contributed by atoms with Gasteiger partial charge in [-0.25, -0.2) is 0 Å². The summed E-state index contributed by atoms with van der Waals surface area (Å²) in [5.74, 6) is 0.264. The number of aliphatic hydroxyl groups is 1. The molecule has 0 spiro atoms. The average Bonchev–Trinajstić information content (AvgIpc) is 2.49. The minimum Gasteiger partial charge on any atom is -0.484 e. The highest BCUT2D eigenvalue weighted by molar-refractivity contribution is 5.77. The van der Waals surface area contributed by atoms with E-state index in [4.69, 9.17) is 9.84 Å². The number of non-ortho nitro benzene ring substituents is 1. The number of amides is 1. The number of carbonyl (C=O) groups is 1. The summed E-state index contributed by atoms with van der Waals surface area (Å²) in [7, 11) is 1.69. The zero-order valence-electron chi connectivity index (χ0n) is 12.0. The summed E-state index contributed by atoms with van der Waals surface area (Å²) < 4.78 is 5.30. The first-order chi connectivity index (χ1) is 10.0. The number of rotatable bonds is 9. The lowest BCUT2D eigenvalue weighted by atomic mass is 10.2. The Labute approximate surface area is 123 Å². The Hall–Kier alpha value is -2.15. The van der Waals surface area contributed by atoms with Gasteiger partial charge in [0.25, 0.3) is 11.6 Å². The second-order valence-electron chi connectivity index (χ2n) is 4.64. The maximum Gasteiger partial charge on any atom is 0.269 e. The van der Waals surface area contributed by atoms with Gasteiger partial charge in [-0.15, -0.1) is 0 Å². The van der Waals surface area contributed by atoms with Crippen LogP contribution in [-0.2, 0) is 4.79 Å². The molecule has 0 unspecified atom stereocenters. The van der Waals surface area contributed by atoms with Crippen molar-refractivity contribution in [2.45, 2.75) is 19.3 Å². The van der Waals surface area contributed by atoms with Crippen molar-refractivity contribution in [1.29, 1.82) is 0 Å². The van der Waals surface area contributed by atoms with Gasteiger partial charge >= 0.3 is 0 Å². The van der Waals surface area contributed by atoms with Crippen LogP contribution >= 0.6 is 0 Å². The standard InChI is InChI=1S/C14H20N2O5/c1-15(9-3-2-4-10-17)14(18)11-21-13-7-5-12(6-8-13)16(19)20/h5-8,17H,2-4,9-11H2,1H3. The summed E-state index contributed by atoms with van der Waals surface area (Å²) in [5, 5.41) is 19.2. The van der Waals surface area contributed by atoms with Crippen molar-refractivity contribution in [3.63, 3.8) is 0 Å². The molecule has 21 heavy (non-hydrogen) atoms. The van der Waals surface area contributed by atoms with Gasteiger partial charge in [0, 0.05) is 32.3 Å². The summed E-state index contributed by atoms with van der Waals surface area (Å²) in [5.41, 5.74) is -0.0188. The number of nitrogens with zero attached hydrogens (tertiary/aromatic N) is 2. The zero-order valence-corrected chi connectivity index (χ0v) is 12.0. The van der Waals surface area contributed by atoms with Crippen LogP contribution in [0.4, 0.5) is 5.69 Å². The van der Waals surface area contributed by atoms with Crippen molar-refractivity contribution in [1.82, 2.24) is 4.90 Å². The quantitative estimate of drug-likeness (QED) is 0.424. The molecule has 0 saturated carbocycles. The molecule has 1 aromatic carbocycles. The molecule has 0 bridgehead atoms. The molecule has 1 amide bonds. The molecule has 0 aliphatic rings. The summed E-state index contributed by atoms with van der Waals surface area (Å²) in [6.45, 7) is 0.678. The normalized spacial score (nSPS) is 10.2. The second kappa shape index (κ2) is 8.91. The van der Waals surface area contributed by atoms with Gasteiger partial charge in [0.15, 0.2) is 6.61 Å². The number of nitro benzene ring substituents is 1. The molecule has 1 N–H and O–H groups in total. The Morgan fingerprint density at radius 2 is 1.95 bits per heavy atom. The molecule has 116 valence electrons. The minimum absolute atomic E-state index is 0.0188. The van der Waals surface area contributed by atoms with Crippen LogP contribution < -0.4 is 4.74 Å². The number of carbonyl (C=O) groups excluding carboxylic acids is 1. The fourth-order valence-electron chi connectivity index (χ4n) is 1.68. The van der Waals surface area contributed by atoms with E-state index in [2.05, 4.69) is 0 Å². The van der Waals surface area contributed by atoms with Crippen LogP contribution in [0.1, 0.15) is 19.3 Å². The summed E-state index contributed by atoms with van der Waals surface area (Å²) >= 11 is 0. The molecule has 0 radical (unpaired) electrons. The van der Waals surface area contributed by atoms with Gasteiger partial charge in [0.05, 0.1) is 4.92 Å². The van der Waals surface area contributed by atoms with E-state index in [9.17, 15) is 14.9 Å². The second-order valence-corrected chi connectivity index (χ2v) is 4.64. The molecule has 0 saturated heterocycles.